The summed E-state index contributed by atoms with van der Waals surface area (Å²) in [4.78, 5) is 22.5. The van der Waals surface area contributed by atoms with Crippen molar-refractivity contribution in [2.45, 2.75) is 19.4 Å². The highest BCUT2D eigenvalue weighted by Crippen LogP contribution is 2.22. The molecule has 1 aromatic heterocycles. The summed E-state index contributed by atoms with van der Waals surface area (Å²) in [7, 11) is 0. The van der Waals surface area contributed by atoms with Crippen LogP contribution in [0.2, 0.25) is 0 Å². The van der Waals surface area contributed by atoms with Crippen LogP contribution in [-0.4, -0.2) is 34.7 Å². The van der Waals surface area contributed by atoms with Crippen molar-refractivity contribution in [3.63, 3.8) is 0 Å². The summed E-state index contributed by atoms with van der Waals surface area (Å²) in [5.41, 5.74) is 2.40. The van der Waals surface area contributed by atoms with Gasteiger partial charge in [0.25, 0.3) is 0 Å². The summed E-state index contributed by atoms with van der Waals surface area (Å²) in [5, 5.41) is 20.7. The molecule has 0 radical (unpaired) electrons. The van der Waals surface area contributed by atoms with Crippen LogP contribution in [-0.2, 0) is 16.0 Å². The molecule has 0 aliphatic heterocycles. The Bertz CT molecular complexity index is 646. The molecule has 6 heteroatoms. The van der Waals surface area contributed by atoms with E-state index in [-0.39, 0.29) is 6.42 Å². The third-order valence-corrected chi connectivity index (χ3v) is 2.98. The molecule has 1 aromatic carbocycles. The molecule has 0 fully saturated rings. The van der Waals surface area contributed by atoms with Crippen LogP contribution < -0.4 is 5.32 Å². The van der Waals surface area contributed by atoms with E-state index in [1.54, 1.807) is 0 Å². The van der Waals surface area contributed by atoms with E-state index < -0.39 is 24.5 Å². The second kappa shape index (κ2) is 5.75. The number of carboxylic acids is 1. The zero-order chi connectivity index (χ0) is 14.7. The van der Waals surface area contributed by atoms with Crippen LogP contribution in [0.5, 0.6) is 0 Å². The smallest absolute Gasteiger partial charge is 0.328 e. The molecule has 3 N–H and O–H groups in total. The molecule has 1 unspecified atom stereocenters. The third kappa shape index (κ3) is 2.97. The molecule has 20 heavy (non-hydrogen) atoms. The molecule has 0 saturated carbocycles. The van der Waals surface area contributed by atoms with E-state index in [2.05, 4.69) is 5.32 Å². The number of nitrogens with one attached hydrogen (secondary N) is 1. The number of aryl methyl sites for hydroxylation is 1. The molecule has 1 amide bonds. The van der Waals surface area contributed by atoms with Crippen molar-refractivity contribution in [3.8, 4) is 0 Å². The molecule has 0 spiro atoms. The molecule has 0 aliphatic carbocycles. The molecular formula is C14H15NO5. The van der Waals surface area contributed by atoms with Gasteiger partial charge in [0.1, 0.15) is 11.6 Å². The summed E-state index contributed by atoms with van der Waals surface area (Å²) in [5.74, 6) is -1.75. The van der Waals surface area contributed by atoms with Gasteiger partial charge in [-0.3, -0.25) is 4.79 Å². The Hall–Kier alpha value is -2.34. The number of carbonyl (C=O) groups excluding carboxylic acids is 1. The predicted molar refractivity (Wildman–Crippen MR) is 71.3 cm³/mol. The van der Waals surface area contributed by atoms with Gasteiger partial charge in [-0.15, -0.1) is 0 Å². The Kier molecular flexibility index (Phi) is 4.05. The number of amides is 1. The van der Waals surface area contributed by atoms with Gasteiger partial charge in [-0.2, -0.15) is 0 Å². The monoisotopic (exact) mass is 277 g/mol. The maximum Gasteiger partial charge on any atom is 0.328 e. The quantitative estimate of drug-likeness (QED) is 0.752. The number of furan rings is 1. The van der Waals surface area contributed by atoms with E-state index in [9.17, 15) is 9.59 Å². The zero-order valence-corrected chi connectivity index (χ0v) is 10.9. The second-order valence-corrected chi connectivity index (χ2v) is 4.58. The van der Waals surface area contributed by atoms with Gasteiger partial charge in [0, 0.05) is 10.9 Å². The standard InChI is InChI=1S/C14H15NO5/c1-8-2-3-12-10(4-8)9(7-20-12)5-13(17)15-11(6-16)14(18)19/h2-4,7,11,16H,5-6H2,1H3,(H,15,17)(H,18,19). The van der Waals surface area contributed by atoms with Crippen LogP contribution in [0.1, 0.15) is 11.1 Å². The van der Waals surface area contributed by atoms with E-state index in [0.29, 0.717) is 11.1 Å². The van der Waals surface area contributed by atoms with Gasteiger partial charge in [0.2, 0.25) is 5.91 Å². The fourth-order valence-corrected chi connectivity index (χ4v) is 1.94. The maximum atomic E-state index is 11.8. The van der Waals surface area contributed by atoms with Crippen molar-refractivity contribution in [3.05, 3.63) is 35.6 Å². The molecule has 0 bridgehead atoms. The van der Waals surface area contributed by atoms with Gasteiger partial charge in [0.15, 0.2) is 0 Å². The number of rotatable bonds is 5. The molecule has 2 aromatic rings. The van der Waals surface area contributed by atoms with E-state index >= 15 is 0 Å². The van der Waals surface area contributed by atoms with E-state index in [0.717, 1.165) is 10.9 Å². The van der Waals surface area contributed by atoms with Crippen molar-refractivity contribution in [1.29, 1.82) is 0 Å². The van der Waals surface area contributed by atoms with Crippen molar-refractivity contribution in [1.82, 2.24) is 5.32 Å². The predicted octanol–water partition coefficient (Wildman–Crippen LogP) is 0.845. The van der Waals surface area contributed by atoms with Crippen molar-refractivity contribution in [2.75, 3.05) is 6.61 Å². The number of hydrogen-bond donors (Lipinski definition) is 3. The summed E-state index contributed by atoms with van der Waals surface area (Å²) < 4.78 is 5.34. The topological polar surface area (TPSA) is 99.8 Å². The fourth-order valence-electron chi connectivity index (χ4n) is 1.94. The molecule has 2 rings (SSSR count). The van der Waals surface area contributed by atoms with Gasteiger partial charge >= 0.3 is 5.97 Å². The summed E-state index contributed by atoms with van der Waals surface area (Å²) >= 11 is 0. The first kappa shape index (κ1) is 14.1. The van der Waals surface area contributed by atoms with Crippen molar-refractivity contribution < 1.29 is 24.2 Å². The molecule has 1 atom stereocenters. The highest BCUT2D eigenvalue weighted by molar-refractivity contribution is 5.90. The lowest BCUT2D eigenvalue weighted by Gasteiger charge is -2.10. The minimum atomic E-state index is -1.29. The Morgan fingerprint density at radius 3 is 2.80 bits per heavy atom. The first-order chi connectivity index (χ1) is 9.51. The van der Waals surface area contributed by atoms with Crippen LogP contribution in [0.3, 0.4) is 0 Å². The Morgan fingerprint density at radius 2 is 2.15 bits per heavy atom. The highest BCUT2D eigenvalue weighted by Gasteiger charge is 2.19. The van der Waals surface area contributed by atoms with Crippen LogP contribution >= 0.6 is 0 Å². The SMILES string of the molecule is Cc1ccc2occ(CC(=O)NC(CO)C(=O)O)c2c1. The number of benzene rings is 1. The minimum absolute atomic E-state index is 0.000231. The Balaban J connectivity index is 2.14. The number of fused-ring (bicyclic) bond motifs is 1. The lowest BCUT2D eigenvalue weighted by Crippen LogP contribution is -2.43. The number of aliphatic hydroxyl groups is 1. The fraction of sp³-hybridized carbons (Fsp3) is 0.286. The van der Waals surface area contributed by atoms with Gasteiger partial charge in [-0.05, 0) is 19.1 Å². The average Bonchev–Trinajstić information content (AvgIpc) is 2.78. The summed E-state index contributed by atoms with van der Waals surface area (Å²) in [6, 6.07) is 4.34. The molecule has 106 valence electrons. The van der Waals surface area contributed by atoms with E-state index in [4.69, 9.17) is 14.6 Å². The van der Waals surface area contributed by atoms with Crippen LogP contribution in [0.4, 0.5) is 0 Å². The third-order valence-electron chi connectivity index (χ3n) is 2.98. The Labute approximate surface area is 115 Å². The lowest BCUT2D eigenvalue weighted by molar-refractivity contribution is -0.142. The summed E-state index contributed by atoms with van der Waals surface area (Å²) in [6.07, 6.45) is 1.48. The molecule has 6 nitrogen and oxygen atoms in total. The van der Waals surface area contributed by atoms with E-state index in [1.807, 2.05) is 25.1 Å². The largest absolute Gasteiger partial charge is 0.480 e. The van der Waals surface area contributed by atoms with Gasteiger partial charge in [-0.25, -0.2) is 4.79 Å². The highest BCUT2D eigenvalue weighted by atomic mass is 16.4. The van der Waals surface area contributed by atoms with Crippen molar-refractivity contribution >= 4 is 22.8 Å². The number of aliphatic carboxylic acids is 1. The molecular weight excluding hydrogens is 262 g/mol. The Morgan fingerprint density at radius 1 is 1.40 bits per heavy atom. The van der Waals surface area contributed by atoms with Gasteiger partial charge in [0.05, 0.1) is 19.3 Å². The number of aliphatic hydroxyl groups excluding tert-OH is 1. The van der Waals surface area contributed by atoms with Crippen LogP contribution in [0.15, 0.2) is 28.9 Å². The normalized spacial score (nSPS) is 12.3. The second-order valence-electron chi connectivity index (χ2n) is 4.58. The first-order valence-electron chi connectivity index (χ1n) is 6.11. The summed E-state index contributed by atoms with van der Waals surface area (Å²) in [6.45, 7) is 1.29. The van der Waals surface area contributed by atoms with Crippen molar-refractivity contribution in [2.24, 2.45) is 0 Å². The van der Waals surface area contributed by atoms with E-state index in [1.165, 1.54) is 6.26 Å². The average molecular weight is 277 g/mol. The zero-order valence-electron chi connectivity index (χ0n) is 10.9. The van der Waals surface area contributed by atoms with Gasteiger partial charge < -0.3 is 19.9 Å². The van der Waals surface area contributed by atoms with Crippen LogP contribution in [0, 0.1) is 6.92 Å². The number of carboxylic acid groups (broad SMARTS) is 1. The molecule has 0 aliphatic rings. The van der Waals surface area contributed by atoms with Gasteiger partial charge in [-0.1, -0.05) is 11.6 Å². The van der Waals surface area contributed by atoms with Crippen LogP contribution in [0.25, 0.3) is 11.0 Å². The molecule has 0 saturated heterocycles. The minimum Gasteiger partial charge on any atom is -0.480 e. The maximum absolute atomic E-state index is 11.8. The number of hydrogen-bond acceptors (Lipinski definition) is 4. The number of carbonyl (C=O) groups is 2. The molecule has 1 heterocycles. The first-order valence-corrected chi connectivity index (χ1v) is 6.11. The lowest BCUT2D eigenvalue weighted by atomic mass is 10.1.